The van der Waals surface area contributed by atoms with Crippen LogP contribution in [0.2, 0.25) is 0 Å². The maximum atomic E-state index is 4.80. The van der Waals surface area contributed by atoms with Crippen LogP contribution in [0.25, 0.3) is 0 Å². The molecular formula is C15H25N3. The van der Waals surface area contributed by atoms with Crippen molar-refractivity contribution < 1.29 is 0 Å². The number of aromatic nitrogens is 2. The average Bonchev–Trinajstić information content (AvgIpc) is 2.89. The summed E-state index contributed by atoms with van der Waals surface area (Å²) in [5.41, 5.74) is 2.44. The molecule has 0 aliphatic heterocycles. The highest BCUT2D eigenvalue weighted by molar-refractivity contribution is 5.46. The summed E-state index contributed by atoms with van der Waals surface area (Å²) in [7, 11) is 0. The molecule has 0 atom stereocenters. The SMILES string of the molecule is CCCNc1nc(C2CCCC2)nc(C)c1CC. The van der Waals surface area contributed by atoms with Crippen molar-refractivity contribution in [1.29, 1.82) is 0 Å². The van der Waals surface area contributed by atoms with Gasteiger partial charge in [0.2, 0.25) is 0 Å². The van der Waals surface area contributed by atoms with Crippen LogP contribution in [0.15, 0.2) is 0 Å². The molecule has 0 amide bonds. The van der Waals surface area contributed by atoms with Crippen molar-refractivity contribution in [3.63, 3.8) is 0 Å². The molecule has 1 aromatic rings. The molecule has 100 valence electrons. The second-order valence-corrected chi connectivity index (χ2v) is 5.26. The van der Waals surface area contributed by atoms with Gasteiger partial charge in [0.15, 0.2) is 0 Å². The van der Waals surface area contributed by atoms with Crippen molar-refractivity contribution in [2.24, 2.45) is 0 Å². The van der Waals surface area contributed by atoms with Crippen LogP contribution < -0.4 is 5.32 Å². The predicted molar refractivity (Wildman–Crippen MR) is 76.1 cm³/mol. The van der Waals surface area contributed by atoms with E-state index in [1.54, 1.807) is 0 Å². The molecule has 0 radical (unpaired) electrons. The first-order chi connectivity index (χ1) is 8.76. The van der Waals surface area contributed by atoms with Crippen LogP contribution >= 0.6 is 0 Å². The molecule has 0 aromatic carbocycles. The Labute approximate surface area is 110 Å². The van der Waals surface area contributed by atoms with E-state index in [4.69, 9.17) is 9.97 Å². The zero-order chi connectivity index (χ0) is 13.0. The number of nitrogens with zero attached hydrogens (tertiary/aromatic N) is 2. The molecule has 1 N–H and O–H groups in total. The lowest BCUT2D eigenvalue weighted by Gasteiger charge is -2.16. The Bertz CT molecular complexity index is 395. The number of rotatable bonds is 5. The highest BCUT2D eigenvalue weighted by Gasteiger charge is 2.21. The Morgan fingerprint density at radius 3 is 2.50 bits per heavy atom. The first-order valence-corrected chi connectivity index (χ1v) is 7.37. The summed E-state index contributed by atoms with van der Waals surface area (Å²) in [6, 6.07) is 0. The molecule has 1 aliphatic carbocycles. The molecule has 0 saturated heterocycles. The van der Waals surface area contributed by atoms with E-state index in [9.17, 15) is 0 Å². The van der Waals surface area contributed by atoms with E-state index in [2.05, 4.69) is 26.1 Å². The summed E-state index contributed by atoms with van der Waals surface area (Å²) < 4.78 is 0. The molecule has 0 spiro atoms. The summed E-state index contributed by atoms with van der Waals surface area (Å²) in [4.78, 5) is 9.55. The van der Waals surface area contributed by atoms with E-state index in [1.165, 1.54) is 31.2 Å². The number of nitrogens with one attached hydrogen (secondary N) is 1. The van der Waals surface area contributed by atoms with Gasteiger partial charge in [-0.05, 0) is 32.6 Å². The molecule has 1 saturated carbocycles. The summed E-state index contributed by atoms with van der Waals surface area (Å²) in [5, 5.41) is 3.47. The van der Waals surface area contributed by atoms with Crippen molar-refractivity contribution in [3.8, 4) is 0 Å². The predicted octanol–water partition coefficient (Wildman–Crippen LogP) is 3.83. The minimum Gasteiger partial charge on any atom is -0.370 e. The second kappa shape index (κ2) is 6.17. The molecular weight excluding hydrogens is 222 g/mol. The van der Waals surface area contributed by atoms with Crippen molar-refractivity contribution in [1.82, 2.24) is 9.97 Å². The van der Waals surface area contributed by atoms with Gasteiger partial charge in [-0.1, -0.05) is 26.7 Å². The fourth-order valence-electron chi connectivity index (χ4n) is 2.80. The minimum atomic E-state index is 0.594. The van der Waals surface area contributed by atoms with Crippen LogP contribution in [0.1, 0.15) is 69.0 Å². The van der Waals surface area contributed by atoms with Crippen LogP contribution in [-0.2, 0) is 6.42 Å². The normalized spacial score (nSPS) is 16.2. The number of anilines is 1. The standard InChI is InChI=1S/C15H25N3/c1-4-10-16-15-13(5-2)11(3)17-14(18-15)12-8-6-7-9-12/h12H,4-10H2,1-3H3,(H,16,17,18). The van der Waals surface area contributed by atoms with Gasteiger partial charge in [-0.15, -0.1) is 0 Å². The van der Waals surface area contributed by atoms with E-state index in [0.717, 1.165) is 36.7 Å². The third kappa shape index (κ3) is 2.82. The van der Waals surface area contributed by atoms with Gasteiger partial charge < -0.3 is 5.32 Å². The second-order valence-electron chi connectivity index (χ2n) is 5.26. The third-order valence-corrected chi connectivity index (χ3v) is 3.85. The first-order valence-electron chi connectivity index (χ1n) is 7.37. The van der Waals surface area contributed by atoms with Gasteiger partial charge in [-0.2, -0.15) is 0 Å². The summed E-state index contributed by atoms with van der Waals surface area (Å²) >= 11 is 0. The number of aryl methyl sites for hydroxylation is 1. The van der Waals surface area contributed by atoms with E-state index >= 15 is 0 Å². The van der Waals surface area contributed by atoms with Crippen molar-refractivity contribution in [2.45, 2.75) is 65.2 Å². The van der Waals surface area contributed by atoms with Crippen LogP contribution in [0.3, 0.4) is 0 Å². The molecule has 1 aliphatic rings. The maximum absolute atomic E-state index is 4.80. The van der Waals surface area contributed by atoms with E-state index < -0.39 is 0 Å². The average molecular weight is 247 g/mol. The lowest BCUT2D eigenvalue weighted by atomic mass is 10.1. The van der Waals surface area contributed by atoms with E-state index in [1.807, 2.05) is 0 Å². The topological polar surface area (TPSA) is 37.8 Å². The van der Waals surface area contributed by atoms with Crippen molar-refractivity contribution in [2.75, 3.05) is 11.9 Å². The summed E-state index contributed by atoms with van der Waals surface area (Å²) in [6.45, 7) is 7.48. The molecule has 0 bridgehead atoms. The molecule has 3 nitrogen and oxygen atoms in total. The van der Waals surface area contributed by atoms with Crippen LogP contribution in [0.5, 0.6) is 0 Å². The first kappa shape index (κ1) is 13.3. The van der Waals surface area contributed by atoms with Gasteiger partial charge >= 0.3 is 0 Å². The Hall–Kier alpha value is -1.12. The van der Waals surface area contributed by atoms with Gasteiger partial charge in [0.05, 0.1) is 0 Å². The van der Waals surface area contributed by atoms with E-state index in [-0.39, 0.29) is 0 Å². The van der Waals surface area contributed by atoms with Crippen LogP contribution in [-0.4, -0.2) is 16.5 Å². The quantitative estimate of drug-likeness (QED) is 0.859. The van der Waals surface area contributed by atoms with Gasteiger partial charge in [0, 0.05) is 23.7 Å². The Balaban J connectivity index is 2.28. The van der Waals surface area contributed by atoms with Gasteiger partial charge in [-0.3, -0.25) is 0 Å². The minimum absolute atomic E-state index is 0.594. The lowest BCUT2D eigenvalue weighted by Crippen LogP contribution is -2.12. The Morgan fingerprint density at radius 2 is 1.89 bits per heavy atom. The third-order valence-electron chi connectivity index (χ3n) is 3.85. The number of hydrogen-bond donors (Lipinski definition) is 1. The maximum Gasteiger partial charge on any atom is 0.134 e. The smallest absolute Gasteiger partial charge is 0.134 e. The molecule has 18 heavy (non-hydrogen) atoms. The molecule has 1 fully saturated rings. The molecule has 3 heteroatoms. The highest BCUT2D eigenvalue weighted by atomic mass is 15.0. The monoisotopic (exact) mass is 247 g/mol. The fourth-order valence-corrected chi connectivity index (χ4v) is 2.80. The number of hydrogen-bond acceptors (Lipinski definition) is 3. The zero-order valence-corrected chi connectivity index (χ0v) is 11.9. The van der Waals surface area contributed by atoms with Crippen LogP contribution in [0, 0.1) is 6.92 Å². The van der Waals surface area contributed by atoms with Gasteiger partial charge in [0.25, 0.3) is 0 Å². The van der Waals surface area contributed by atoms with Gasteiger partial charge in [0.1, 0.15) is 11.6 Å². The molecule has 0 unspecified atom stereocenters. The molecule has 2 rings (SSSR count). The molecule has 1 aromatic heterocycles. The fraction of sp³-hybridized carbons (Fsp3) is 0.733. The van der Waals surface area contributed by atoms with Crippen LogP contribution in [0.4, 0.5) is 5.82 Å². The summed E-state index contributed by atoms with van der Waals surface area (Å²) in [5.74, 6) is 2.74. The largest absolute Gasteiger partial charge is 0.370 e. The van der Waals surface area contributed by atoms with E-state index in [0.29, 0.717) is 5.92 Å². The highest BCUT2D eigenvalue weighted by Crippen LogP contribution is 2.33. The van der Waals surface area contributed by atoms with Crippen molar-refractivity contribution in [3.05, 3.63) is 17.1 Å². The molecule has 1 heterocycles. The van der Waals surface area contributed by atoms with Gasteiger partial charge in [-0.25, -0.2) is 9.97 Å². The lowest BCUT2D eigenvalue weighted by molar-refractivity contribution is 0.661. The van der Waals surface area contributed by atoms with Crippen molar-refractivity contribution >= 4 is 5.82 Å². The zero-order valence-electron chi connectivity index (χ0n) is 11.9. The Kier molecular flexibility index (Phi) is 4.56. The Morgan fingerprint density at radius 1 is 1.17 bits per heavy atom. The summed E-state index contributed by atoms with van der Waals surface area (Å²) in [6.07, 6.45) is 7.32.